The lowest BCUT2D eigenvalue weighted by atomic mass is 10.1. The van der Waals surface area contributed by atoms with Crippen LogP contribution in [0.5, 0.6) is 11.5 Å². The first-order valence-electron chi connectivity index (χ1n) is 9.21. The summed E-state index contributed by atoms with van der Waals surface area (Å²) in [7, 11) is 3.29. The summed E-state index contributed by atoms with van der Waals surface area (Å²) in [6, 6.07) is 6.42. The minimum absolute atomic E-state index is 0.0566. The molecule has 1 amide bonds. The van der Waals surface area contributed by atoms with Gasteiger partial charge in [0.25, 0.3) is 5.91 Å². The molecule has 7 heteroatoms. The average molecular weight is 373 g/mol. The summed E-state index contributed by atoms with van der Waals surface area (Å²) in [6.45, 7) is 5.06. The Balaban J connectivity index is 1.73. The summed E-state index contributed by atoms with van der Waals surface area (Å²) < 4.78 is 16.5. The SMILES string of the molecule is COc1cccc(CN(Cc2nc(C(=O)NC(C)C)co2)C2CC2)c1OC. The van der Waals surface area contributed by atoms with Crippen LogP contribution in [-0.4, -0.2) is 42.1 Å². The number of aromatic nitrogens is 1. The van der Waals surface area contributed by atoms with E-state index in [2.05, 4.69) is 15.2 Å². The number of rotatable bonds is 9. The van der Waals surface area contributed by atoms with Crippen molar-refractivity contribution in [3.63, 3.8) is 0 Å². The maximum Gasteiger partial charge on any atom is 0.273 e. The molecule has 1 heterocycles. The van der Waals surface area contributed by atoms with Gasteiger partial charge in [0.15, 0.2) is 17.2 Å². The first-order valence-corrected chi connectivity index (χ1v) is 9.21. The van der Waals surface area contributed by atoms with Crippen molar-refractivity contribution in [2.45, 2.75) is 51.9 Å². The van der Waals surface area contributed by atoms with Crippen LogP contribution in [-0.2, 0) is 13.1 Å². The van der Waals surface area contributed by atoms with Crippen molar-refractivity contribution in [2.24, 2.45) is 0 Å². The van der Waals surface area contributed by atoms with Gasteiger partial charge in [-0.1, -0.05) is 12.1 Å². The molecule has 7 nitrogen and oxygen atoms in total. The maximum atomic E-state index is 12.1. The summed E-state index contributed by atoms with van der Waals surface area (Å²) >= 11 is 0. The fourth-order valence-electron chi connectivity index (χ4n) is 3.05. The minimum Gasteiger partial charge on any atom is -0.493 e. The Morgan fingerprint density at radius 1 is 1.30 bits per heavy atom. The smallest absolute Gasteiger partial charge is 0.273 e. The standard InChI is InChI=1S/C20H27N3O4/c1-13(2)21-20(24)16-12-27-18(22-16)11-23(15-8-9-15)10-14-6-5-7-17(25-3)19(14)26-4/h5-7,12-13,15H,8-11H2,1-4H3,(H,21,24). The van der Waals surface area contributed by atoms with Crippen molar-refractivity contribution in [1.29, 1.82) is 0 Å². The van der Waals surface area contributed by atoms with Gasteiger partial charge < -0.3 is 19.2 Å². The molecule has 2 aromatic rings. The van der Waals surface area contributed by atoms with Gasteiger partial charge in [-0.25, -0.2) is 4.98 Å². The van der Waals surface area contributed by atoms with E-state index < -0.39 is 0 Å². The maximum absolute atomic E-state index is 12.1. The first kappa shape index (κ1) is 19.2. The molecule has 0 spiro atoms. The van der Waals surface area contributed by atoms with E-state index in [-0.39, 0.29) is 11.9 Å². The topological polar surface area (TPSA) is 76.8 Å². The molecule has 0 atom stereocenters. The van der Waals surface area contributed by atoms with Crippen LogP contribution >= 0.6 is 0 Å². The predicted molar refractivity (Wildman–Crippen MR) is 101 cm³/mol. The monoisotopic (exact) mass is 373 g/mol. The van der Waals surface area contributed by atoms with E-state index in [1.165, 1.54) is 6.26 Å². The van der Waals surface area contributed by atoms with E-state index in [1.807, 2.05) is 32.0 Å². The lowest BCUT2D eigenvalue weighted by molar-refractivity contribution is 0.0938. The van der Waals surface area contributed by atoms with Gasteiger partial charge in [-0.2, -0.15) is 0 Å². The van der Waals surface area contributed by atoms with Crippen molar-refractivity contribution in [3.05, 3.63) is 41.6 Å². The fraction of sp³-hybridized carbons (Fsp3) is 0.500. The molecule has 1 aliphatic rings. The number of para-hydroxylation sites is 1. The van der Waals surface area contributed by atoms with Crippen LogP contribution in [0.3, 0.4) is 0 Å². The van der Waals surface area contributed by atoms with Crippen LogP contribution in [0.4, 0.5) is 0 Å². The number of amides is 1. The van der Waals surface area contributed by atoms with Crippen molar-refractivity contribution >= 4 is 5.91 Å². The third-order valence-corrected chi connectivity index (χ3v) is 4.46. The van der Waals surface area contributed by atoms with E-state index >= 15 is 0 Å². The zero-order valence-electron chi connectivity index (χ0n) is 16.3. The Morgan fingerprint density at radius 3 is 2.70 bits per heavy atom. The molecule has 0 unspecified atom stereocenters. The molecule has 0 aliphatic heterocycles. The number of nitrogens with one attached hydrogen (secondary N) is 1. The summed E-state index contributed by atoms with van der Waals surface area (Å²) in [5, 5.41) is 2.82. The highest BCUT2D eigenvalue weighted by atomic mass is 16.5. The predicted octanol–water partition coefficient (Wildman–Crippen LogP) is 2.99. The Labute approximate surface area is 159 Å². The molecule has 0 saturated heterocycles. The summed E-state index contributed by atoms with van der Waals surface area (Å²) in [4.78, 5) is 18.7. The summed E-state index contributed by atoms with van der Waals surface area (Å²) in [5.74, 6) is 1.79. The molecule has 1 fully saturated rings. The second kappa shape index (κ2) is 8.43. The number of nitrogens with zero attached hydrogens (tertiary/aromatic N) is 2. The molecule has 1 N–H and O–H groups in total. The van der Waals surface area contributed by atoms with Crippen LogP contribution < -0.4 is 14.8 Å². The quantitative estimate of drug-likeness (QED) is 0.728. The Morgan fingerprint density at radius 2 is 2.07 bits per heavy atom. The minimum atomic E-state index is -0.215. The van der Waals surface area contributed by atoms with Crippen LogP contribution in [0.2, 0.25) is 0 Å². The van der Waals surface area contributed by atoms with Crippen LogP contribution in [0.25, 0.3) is 0 Å². The Kier molecular flexibility index (Phi) is 6.01. The average Bonchev–Trinajstić information content (AvgIpc) is 3.39. The molecule has 0 radical (unpaired) electrons. The van der Waals surface area contributed by atoms with Crippen LogP contribution in [0, 0.1) is 0 Å². The number of benzene rings is 1. The number of methoxy groups -OCH3 is 2. The lowest BCUT2D eigenvalue weighted by Gasteiger charge is -2.22. The second-order valence-corrected chi connectivity index (χ2v) is 7.04. The molecule has 1 saturated carbocycles. The van der Waals surface area contributed by atoms with Crippen LogP contribution in [0.1, 0.15) is 48.6 Å². The Bertz CT molecular complexity index is 783. The van der Waals surface area contributed by atoms with Gasteiger partial charge in [0.2, 0.25) is 5.89 Å². The van der Waals surface area contributed by atoms with Gasteiger partial charge in [-0.15, -0.1) is 0 Å². The first-order chi connectivity index (χ1) is 13.0. The molecule has 1 aliphatic carbocycles. The third kappa shape index (κ3) is 4.80. The molecule has 27 heavy (non-hydrogen) atoms. The summed E-state index contributed by atoms with van der Waals surface area (Å²) in [6.07, 6.45) is 3.71. The zero-order valence-corrected chi connectivity index (χ0v) is 16.3. The highest BCUT2D eigenvalue weighted by Gasteiger charge is 2.31. The number of oxazole rings is 1. The van der Waals surface area contributed by atoms with Gasteiger partial charge in [0.1, 0.15) is 6.26 Å². The van der Waals surface area contributed by atoms with E-state index in [4.69, 9.17) is 13.9 Å². The highest BCUT2D eigenvalue weighted by Crippen LogP contribution is 2.35. The third-order valence-electron chi connectivity index (χ3n) is 4.46. The van der Waals surface area contributed by atoms with Crippen molar-refractivity contribution in [2.75, 3.05) is 14.2 Å². The fourth-order valence-corrected chi connectivity index (χ4v) is 3.05. The van der Waals surface area contributed by atoms with Gasteiger partial charge in [0, 0.05) is 24.2 Å². The molecule has 146 valence electrons. The second-order valence-electron chi connectivity index (χ2n) is 7.04. The molecule has 3 rings (SSSR count). The number of hydrogen-bond acceptors (Lipinski definition) is 6. The van der Waals surface area contributed by atoms with E-state index in [1.54, 1.807) is 14.2 Å². The number of carbonyl (C=O) groups excluding carboxylic acids is 1. The van der Waals surface area contributed by atoms with Gasteiger partial charge in [-0.3, -0.25) is 9.69 Å². The van der Waals surface area contributed by atoms with E-state index in [9.17, 15) is 4.79 Å². The Hall–Kier alpha value is -2.54. The number of ether oxygens (including phenoxy) is 2. The van der Waals surface area contributed by atoms with Gasteiger partial charge >= 0.3 is 0 Å². The van der Waals surface area contributed by atoms with E-state index in [0.717, 1.165) is 29.9 Å². The number of carbonyl (C=O) groups is 1. The van der Waals surface area contributed by atoms with Crippen LogP contribution in [0.15, 0.2) is 28.9 Å². The summed E-state index contributed by atoms with van der Waals surface area (Å²) in [5.41, 5.74) is 1.36. The molecule has 0 bridgehead atoms. The molecule has 1 aromatic heterocycles. The number of hydrogen-bond donors (Lipinski definition) is 1. The van der Waals surface area contributed by atoms with Crippen molar-refractivity contribution in [3.8, 4) is 11.5 Å². The molecular weight excluding hydrogens is 346 g/mol. The van der Waals surface area contributed by atoms with Gasteiger partial charge in [0.05, 0.1) is 20.8 Å². The normalized spacial score (nSPS) is 13.9. The van der Waals surface area contributed by atoms with Crippen molar-refractivity contribution < 1.29 is 18.7 Å². The zero-order chi connectivity index (χ0) is 19.4. The molecule has 1 aromatic carbocycles. The van der Waals surface area contributed by atoms with E-state index in [0.29, 0.717) is 30.7 Å². The molecular formula is C20H27N3O4. The van der Waals surface area contributed by atoms with Gasteiger partial charge in [-0.05, 0) is 32.8 Å². The highest BCUT2D eigenvalue weighted by molar-refractivity contribution is 5.92. The van der Waals surface area contributed by atoms with Crippen molar-refractivity contribution in [1.82, 2.24) is 15.2 Å². The largest absolute Gasteiger partial charge is 0.493 e. The lowest BCUT2D eigenvalue weighted by Crippen LogP contribution is -2.30.